The SMILES string of the molecule is CNS(=O)(=O)c1cc(-c2nnc(Nc3ccccc3)c3ccccc23)ccc1C. The van der Waals surface area contributed by atoms with Crippen LogP contribution in [0.4, 0.5) is 11.5 Å². The van der Waals surface area contributed by atoms with E-state index in [1.165, 1.54) is 7.05 Å². The number of aryl methyl sites for hydroxylation is 1. The second-order valence-electron chi connectivity index (χ2n) is 6.62. The van der Waals surface area contributed by atoms with Gasteiger partial charge in [0.05, 0.1) is 4.90 Å². The summed E-state index contributed by atoms with van der Waals surface area (Å²) in [7, 11) is -2.17. The average molecular weight is 404 g/mol. The molecule has 0 atom stereocenters. The lowest BCUT2D eigenvalue weighted by Crippen LogP contribution is -2.19. The number of aromatic nitrogens is 2. The van der Waals surface area contributed by atoms with Gasteiger partial charge in [0.15, 0.2) is 5.82 Å². The van der Waals surface area contributed by atoms with Crippen LogP contribution in [-0.2, 0) is 10.0 Å². The molecular weight excluding hydrogens is 384 g/mol. The Hall–Kier alpha value is -3.29. The van der Waals surface area contributed by atoms with Gasteiger partial charge in [-0.05, 0) is 37.7 Å². The number of fused-ring (bicyclic) bond motifs is 1. The smallest absolute Gasteiger partial charge is 0.240 e. The van der Waals surface area contributed by atoms with Gasteiger partial charge in [-0.3, -0.25) is 0 Å². The Labute approximate surface area is 169 Å². The zero-order valence-electron chi connectivity index (χ0n) is 16.0. The molecule has 0 aliphatic carbocycles. The van der Waals surface area contributed by atoms with Crippen molar-refractivity contribution in [3.8, 4) is 11.3 Å². The van der Waals surface area contributed by atoms with E-state index in [1.54, 1.807) is 19.1 Å². The number of benzene rings is 3. The molecule has 0 unspecified atom stereocenters. The van der Waals surface area contributed by atoms with E-state index in [0.717, 1.165) is 16.5 Å². The molecule has 0 bridgehead atoms. The summed E-state index contributed by atoms with van der Waals surface area (Å²) in [5, 5.41) is 13.9. The molecule has 0 saturated carbocycles. The molecule has 2 N–H and O–H groups in total. The molecule has 0 fully saturated rings. The molecule has 0 amide bonds. The van der Waals surface area contributed by atoms with Crippen molar-refractivity contribution in [3.05, 3.63) is 78.4 Å². The second-order valence-corrected chi connectivity index (χ2v) is 8.48. The van der Waals surface area contributed by atoms with Gasteiger partial charge in [-0.15, -0.1) is 10.2 Å². The van der Waals surface area contributed by atoms with E-state index in [4.69, 9.17) is 0 Å². The summed E-state index contributed by atoms with van der Waals surface area (Å²) in [4.78, 5) is 0.231. The standard InChI is InChI=1S/C22H20N4O2S/c1-15-12-13-16(14-20(15)29(27,28)23-2)21-18-10-6-7-11-19(18)22(26-25-21)24-17-8-4-3-5-9-17/h3-14,23H,1-2H3,(H,24,26). The van der Waals surface area contributed by atoms with Crippen LogP contribution in [0.25, 0.3) is 22.0 Å². The summed E-state index contributed by atoms with van der Waals surface area (Å²) in [5.74, 6) is 0.644. The number of hydrogen-bond acceptors (Lipinski definition) is 5. The molecule has 7 heteroatoms. The van der Waals surface area contributed by atoms with Gasteiger partial charge in [-0.2, -0.15) is 0 Å². The molecule has 4 rings (SSSR count). The first-order valence-corrected chi connectivity index (χ1v) is 10.6. The van der Waals surface area contributed by atoms with Gasteiger partial charge in [0.2, 0.25) is 10.0 Å². The highest BCUT2D eigenvalue weighted by Gasteiger charge is 2.18. The van der Waals surface area contributed by atoms with Crippen LogP contribution in [0, 0.1) is 6.92 Å². The highest BCUT2D eigenvalue weighted by molar-refractivity contribution is 7.89. The molecule has 0 radical (unpaired) electrons. The van der Waals surface area contributed by atoms with Crippen molar-refractivity contribution >= 4 is 32.3 Å². The third kappa shape index (κ3) is 3.70. The van der Waals surface area contributed by atoms with Crippen LogP contribution in [0.15, 0.2) is 77.7 Å². The van der Waals surface area contributed by atoms with Crippen molar-refractivity contribution in [2.75, 3.05) is 12.4 Å². The van der Waals surface area contributed by atoms with Crippen LogP contribution < -0.4 is 10.0 Å². The number of nitrogens with zero attached hydrogens (tertiary/aromatic N) is 2. The molecular formula is C22H20N4O2S. The minimum atomic E-state index is -3.57. The summed E-state index contributed by atoms with van der Waals surface area (Å²) in [5.41, 5.74) is 2.91. The van der Waals surface area contributed by atoms with Crippen molar-refractivity contribution in [2.24, 2.45) is 0 Å². The molecule has 4 aromatic rings. The molecule has 0 aliphatic heterocycles. The van der Waals surface area contributed by atoms with Gasteiger partial charge in [0, 0.05) is 22.0 Å². The van der Waals surface area contributed by atoms with Gasteiger partial charge in [0.25, 0.3) is 0 Å². The van der Waals surface area contributed by atoms with E-state index >= 15 is 0 Å². The normalized spacial score (nSPS) is 11.5. The topological polar surface area (TPSA) is 84.0 Å². The number of sulfonamides is 1. The Morgan fingerprint density at radius 3 is 2.24 bits per heavy atom. The molecule has 3 aromatic carbocycles. The van der Waals surface area contributed by atoms with E-state index in [1.807, 2.05) is 60.7 Å². The predicted molar refractivity (Wildman–Crippen MR) is 116 cm³/mol. The maximum Gasteiger partial charge on any atom is 0.240 e. The van der Waals surface area contributed by atoms with Crippen LogP contribution in [0.5, 0.6) is 0 Å². The van der Waals surface area contributed by atoms with Crippen molar-refractivity contribution < 1.29 is 8.42 Å². The number of nitrogens with one attached hydrogen (secondary N) is 2. The molecule has 146 valence electrons. The fraction of sp³-hybridized carbons (Fsp3) is 0.0909. The van der Waals surface area contributed by atoms with Gasteiger partial charge >= 0.3 is 0 Å². The van der Waals surface area contributed by atoms with Crippen LogP contribution >= 0.6 is 0 Å². The quantitative estimate of drug-likeness (QED) is 0.519. The zero-order valence-corrected chi connectivity index (χ0v) is 16.9. The summed E-state index contributed by atoms with van der Waals surface area (Å²) in [6.45, 7) is 1.77. The molecule has 0 saturated heterocycles. The lowest BCUT2D eigenvalue weighted by Gasteiger charge is -2.13. The Bertz CT molecular complexity index is 1290. The first-order chi connectivity index (χ1) is 14.0. The highest BCUT2D eigenvalue weighted by Crippen LogP contribution is 2.32. The van der Waals surface area contributed by atoms with E-state index in [9.17, 15) is 8.42 Å². The van der Waals surface area contributed by atoms with Crippen LogP contribution in [0.1, 0.15) is 5.56 Å². The maximum atomic E-state index is 12.4. The predicted octanol–water partition coefficient (Wildman–Crippen LogP) is 4.26. The molecule has 0 spiro atoms. The van der Waals surface area contributed by atoms with E-state index in [0.29, 0.717) is 22.6 Å². The van der Waals surface area contributed by atoms with Gasteiger partial charge in [0.1, 0.15) is 5.69 Å². The number of para-hydroxylation sites is 1. The molecule has 0 aliphatic rings. The van der Waals surface area contributed by atoms with Crippen LogP contribution in [0.3, 0.4) is 0 Å². The summed E-state index contributed by atoms with van der Waals surface area (Å²) in [6.07, 6.45) is 0. The second kappa shape index (κ2) is 7.62. The van der Waals surface area contributed by atoms with Crippen molar-refractivity contribution in [3.63, 3.8) is 0 Å². The fourth-order valence-electron chi connectivity index (χ4n) is 3.21. The summed E-state index contributed by atoms with van der Waals surface area (Å²) < 4.78 is 27.1. The monoisotopic (exact) mass is 404 g/mol. The molecule has 29 heavy (non-hydrogen) atoms. The maximum absolute atomic E-state index is 12.4. The van der Waals surface area contributed by atoms with E-state index in [2.05, 4.69) is 20.2 Å². The van der Waals surface area contributed by atoms with Crippen molar-refractivity contribution in [1.29, 1.82) is 0 Å². The Morgan fingerprint density at radius 1 is 0.828 bits per heavy atom. The minimum Gasteiger partial charge on any atom is -0.338 e. The third-order valence-electron chi connectivity index (χ3n) is 4.74. The average Bonchev–Trinajstić information content (AvgIpc) is 2.75. The van der Waals surface area contributed by atoms with Crippen molar-refractivity contribution in [2.45, 2.75) is 11.8 Å². The molecule has 6 nitrogen and oxygen atoms in total. The van der Waals surface area contributed by atoms with Crippen molar-refractivity contribution in [1.82, 2.24) is 14.9 Å². The lowest BCUT2D eigenvalue weighted by atomic mass is 10.0. The van der Waals surface area contributed by atoms with E-state index < -0.39 is 10.0 Å². The summed E-state index contributed by atoms with van der Waals surface area (Å²) in [6, 6.07) is 22.9. The Morgan fingerprint density at radius 2 is 1.52 bits per heavy atom. The van der Waals surface area contributed by atoms with Gasteiger partial charge < -0.3 is 5.32 Å². The van der Waals surface area contributed by atoms with Gasteiger partial charge in [-0.25, -0.2) is 13.1 Å². The fourth-order valence-corrected chi connectivity index (χ4v) is 4.21. The molecule has 1 heterocycles. The molecule has 1 aromatic heterocycles. The Balaban J connectivity index is 1.86. The largest absolute Gasteiger partial charge is 0.338 e. The van der Waals surface area contributed by atoms with Gasteiger partial charge in [-0.1, -0.05) is 54.6 Å². The first-order valence-electron chi connectivity index (χ1n) is 9.11. The highest BCUT2D eigenvalue weighted by atomic mass is 32.2. The number of anilines is 2. The number of hydrogen-bond donors (Lipinski definition) is 2. The van der Waals surface area contributed by atoms with E-state index in [-0.39, 0.29) is 4.90 Å². The van der Waals surface area contributed by atoms with Crippen LogP contribution in [0.2, 0.25) is 0 Å². The zero-order chi connectivity index (χ0) is 20.4. The minimum absolute atomic E-state index is 0.231. The number of rotatable bonds is 5. The lowest BCUT2D eigenvalue weighted by molar-refractivity contribution is 0.587. The first kappa shape index (κ1) is 19.0. The van der Waals surface area contributed by atoms with Crippen LogP contribution in [-0.4, -0.2) is 25.7 Å². The third-order valence-corrected chi connectivity index (χ3v) is 6.30. The Kier molecular flexibility index (Phi) is 5.00. The summed E-state index contributed by atoms with van der Waals surface area (Å²) >= 11 is 0.